The Balaban J connectivity index is 2.09. The van der Waals surface area contributed by atoms with E-state index in [4.69, 9.17) is 9.47 Å². The van der Waals surface area contributed by atoms with Gasteiger partial charge in [0.25, 0.3) is 5.91 Å². The van der Waals surface area contributed by atoms with Crippen molar-refractivity contribution in [1.82, 2.24) is 4.90 Å². The third-order valence-corrected chi connectivity index (χ3v) is 3.49. The normalized spacial score (nSPS) is 16.2. The molecule has 1 aliphatic heterocycles. The summed E-state index contributed by atoms with van der Waals surface area (Å²) in [6, 6.07) is 8.34. The minimum Gasteiger partial charge on any atom is -0.546 e. The highest BCUT2D eigenvalue weighted by Gasteiger charge is 2.20. The smallest absolute Gasteiger partial charge is 0.264 e. The second kappa shape index (κ2) is 8.13. The standard InChI is InChI=1S/C17H18N2O5/c1-12(17(21)22)24-15-4-2-13(3-5-15)10-14(11-18)16(20)19-6-8-23-9-7-19/h2-5,10,12H,6-9H2,1H3,(H,21,22)/p-1/b14-10-/t12-/m0/s1. The number of hydrogen-bond acceptors (Lipinski definition) is 6. The summed E-state index contributed by atoms with van der Waals surface area (Å²) < 4.78 is 10.4. The van der Waals surface area contributed by atoms with Crippen molar-refractivity contribution in [3.8, 4) is 11.8 Å². The van der Waals surface area contributed by atoms with E-state index < -0.39 is 12.1 Å². The molecule has 1 heterocycles. The molecule has 0 aliphatic carbocycles. The van der Waals surface area contributed by atoms with Crippen LogP contribution in [-0.4, -0.2) is 49.2 Å². The van der Waals surface area contributed by atoms with Crippen LogP contribution in [0.4, 0.5) is 0 Å². The lowest BCUT2D eigenvalue weighted by Gasteiger charge is -2.26. The Morgan fingerprint density at radius 3 is 2.50 bits per heavy atom. The van der Waals surface area contributed by atoms with Gasteiger partial charge in [0, 0.05) is 13.1 Å². The average molecular weight is 329 g/mol. The molecule has 0 N–H and O–H groups in total. The molecular weight excluding hydrogens is 312 g/mol. The molecule has 0 aromatic heterocycles. The zero-order valence-corrected chi connectivity index (χ0v) is 13.2. The van der Waals surface area contributed by atoms with Crippen LogP contribution in [0.1, 0.15) is 12.5 Å². The third-order valence-electron chi connectivity index (χ3n) is 3.49. The molecule has 1 aliphatic rings. The van der Waals surface area contributed by atoms with Crippen LogP contribution in [0.2, 0.25) is 0 Å². The van der Waals surface area contributed by atoms with Gasteiger partial charge in [-0.3, -0.25) is 4.79 Å². The second-order valence-corrected chi connectivity index (χ2v) is 5.22. The number of hydrogen-bond donors (Lipinski definition) is 0. The summed E-state index contributed by atoms with van der Waals surface area (Å²) in [5.74, 6) is -1.27. The Labute approximate surface area is 139 Å². The van der Waals surface area contributed by atoms with Crippen LogP contribution in [-0.2, 0) is 14.3 Å². The van der Waals surface area contributed by atoms with Gasteiger partial charge >= 0.3 is 0 Å². The number of ether oxygens (including phenoxy) is 2. The number of carbonyl (C=O) groups excluding carboxylic acids is 2. The maximum atomic E-state index is 12.3. The van der Waals surface area contributed by atoms with Crippen molar-refractivity contribution in [3.63, 3.8) is 0 Å². The van der Waals surface area contributed by atoms with Crippen molar-refractivity contribution >= 4 is 18.0 Å². The first kappa shape index (κ1) is 17.5. The van der Waals surface area contributed by atoms with E-state index in [9.17, 15) is 20.0 Å². The minimum atomic E-state index is -1.30. The summed E-state index contributed by atoms with van der Waals surface area (Å²) in [5.41, 5.74) is 0.676. The van der Waals surface area contributed by atoms with Crippen molar-refractivity contribution in [2.24, 2.45) is 0 Å². The Kier molecular flexibility index (Phi) is 5.93. The van der Waals surface area contributed by atoms with Crippen LogP contribution in [0, 0.1) is 11.3 Å². The van der Waals surface area contributed by atoms with E-state index in [1.165, 1.54) is 13.0 Å². The quantitative estimate of drug-likeness (QED) is 0.555. The average Bonchev–Trinajstić information content (AvgIpc) is 2.61. The van der Waals surface area contributed by atoms with E-state index >= 15 is 0 Å². The summed E-state index contributed by atoms with van der Waals surface area (Å²) >= 11 is 0. The lowest BCUT2D eigenvalue weighted by atomic mass is 10.1. The van der Waals surface area contributed by atoms with E-state index in [0.717, 1.165) is 0 Å². The highest BCUT2D eigenvalue weighted by Crippen LogP contribution is 2.17. The van der Waals surface area contributed by atoms with Gasteiger partial charge in [0.05, 0.1) is 19.2 Å². The van der Waals surface area contributed by atoms with Gasteiger partial charge in [-0.1, -0.05) is 12.1 Å². The zero-order valence-electron chi connectivity index (χ0n) is 13.2. The highest BCUT2D eigenvalue weighted by molar-refractivity contribution is 6.01. The van der Waals surface area contributed by atoms with E-state index in [2.05, 4.69) is 0 Å². The van der Waals surface area contributed by atoms with Gasteiger partial charge in [0.15, 0.2) is 0 Å². The van der Waals surface area contributed by atoms with Gasteiger partial charge < -0.3 is 24.3 Å². The van der Waals surface area contributed by atoms with Gasteiger partial charge in [-0.2, -0.15) is 5.26 Å². The summed E-state index contributed by atoms with van der Waals surface area (Å²) in [4.78, 5) is 24.5. The SMILES string of the molecule is C[C@H](Oc1ccc(/C=C(/C#N)C(=O)N2CCOCC2)cc1)C(=O)[O-]. The van der Waals surface area contributed by atoms with Gasteiger partial charge in [0.1, 0.15) is 23.5 Å². The molecule has 7 nitrogen and oxygen atoms in total. The predicted molar refractivity (Wildman–Crippen MR) is 82.5 cm³/mol. The Bertz CT molecular complexity index is 669. The molecule has 0 radical (unpaired) electrons. The molecule has 1 atom stereocenters. The Morgan fingerprint density at radius 1 is 1.33 bits per heavy atom. The molecule has 0 bridgehead atoms. The number of carboxylic acids is 1. The first-order valence-corrected chi connectivity index (χ1v) is 7.47. The zero-order chi connectivity index (χ0) is 17.5. The fourth-order valence-corrected chi connectivity index (χ4v) is 2.14. The van der Waals surface area contributed by atoms with Crippen LogP contribution >= 0.6 is 0 Å². The number of morpholine rings is 1. The van der Waals surface area contributed by atoms with E-state index in [1.807, 2.05) is 6.07 Å². The molecule has 1 amide bonds. The largest absolute Gasteiger partial charge is 0.546 e. The number of aliphatic carboxylic acids is 1. The Hall–Kier alpha value is -2.85. The van der Waals surface area contributed by atoms with Crippen LogP contribution < -0.4 is 9.84 Å². The Morgan fingerprint density at radius 2 is 1.96 bits per heavy atom. The number of carboxylic acid groups (broad SMARTS) is 1. The van der Waals surface area contributed by atoms with Crippen molar-refractivity contribution in [2.75, 3.05) is 26.3 Å². The van der Waals surface area contributed by atoms with Gasteiger partial charge in [0.2, 0.25) is 0 Å². The molecule has 1 aromatic carbocycles. The molecule has 0 spiro atoms. The number of rotatable bonds is 5. The number of nitrogens with zero attached hydrogens (tertiary/aromatic N) is 2. The first-order chi connectivity index (χ1) is 11.5. The van der Waals surface area contributed by atoms with Crippen LogP contribution in [0.3, 0.4) is 0 Å². The first-order valence-electron chi connectivity index (χ1n) is 7.47. The molecule has 0 unspecified atom stereocenters. The number of carbonyl (C=O) groups is 2. The van der Waals surface area contributed by atoms with Crippen molar-refractivity contribution in [1.29, 1.82) is 5.26 Å². The summed E-state index contributed by atoms with van der Waals surface area (Å²) in [6.07, 6.45) is 0.424. The molecule has 126 valence electrons. The minimum absolute atomic E-state index is 0.0358. The maximum absolute atomic E-state index is 12.3. The molecule has 1 fully saturated rings. The molecule has 1 saturated heterocycles. The third kappa shape index (κ3) is 4.57. The molecule has 2 rings (SSSR count). The van der Waals surface area contributed by atoms with Crippen LogP contribution in [0.5, 0.6) is 5.75 Å². The summed E-state index contributed by atoms with van der Waals surface area (Å²) in [5, 5.41) is 19.9. The van der Waals surface area contributed by atoms with E-state index in [0.29, 0.717) is 37.6 Å². The van der Waals surface area contributed by atoms with E-state index in [1.54, 1.807) is 29.2 Å². The lowest BCUT2D eigenvalue weighted by molar-refractivity contribution is -0.312. The topological polar surface area (TPSA) is 103 Å². The monoisotopic (exact) mass is 329 g/mol. The van der Waals surface area contributed by atoms with Crippen LogP contribution in [0.25, 0.3) is 6.08 Å². The number of amides is 1. The van der Waals surface area contributed by atoms with Crippen molar-refractivity contribution in [2.45, 2.75) is 13.0 Å². The molecular formula is C17H17N2O5-. The predicted octanol–water partition coefficient (Wildman–Crippen LogP) is -0.0304. The second-order valence-electron chi connectivity index (χ2n) is 5.22. The fraction of sp³-hybridized carbons (Fsp3) is 0.353. The summed E-state index contributed by atoms with van der Waals surface area (Å²) in [7, 11) is 0. The summed E-state index contributed by atoms with van der Waals surface area (Å²) in [6.45, 7) is 3.23. The van der Waals surface area contributed by atoms with Gasteiger partial charge in [-0.15, -0.1) is 0 Å². The van der Waals surface area contributed by atoms with E-state index in [-0.39, 0.29) is 11.5 Å². The number of nitriles is 1. The number of benzene rings is 1. The molecule has 7 heteroatoms. The van der Waals surface area contributed by atoms with Crippen molar-refractivity contribution < 1.29 is 24.2 Å². The van der Waals surface area contributed by atoms with Crippen LogP contribution in [0.15, 0.2) is 29.8 Å². The lowest BCUT2D eigenvalue weighted by Crippen LogP contribution is -2.41. The fourth-order valence-electron chi connectivity index (χ4n) is 2.14. The van der Waals surface area contributed by atoms with Gasteiger partial charge in [-0.05, 0) is 30.7 Å². The van der Waals surface area contributed by atoms with Crippen molar-refractivity contribution in [3.05, 3.63) is 35.4 Å². The maximum Gasteiger partial charge on any atom is 0.264 e. The molecule has 1 aromatic rings. The van der Waals surface area contributed by atoms with Gasteiger partial charge in [-0.25, -0.2) is 0 Å². The molecule has 0 saturated carbocycles. The highest BCUT2D eigenvalue weighted by atomic mass is 16.5. The molecule has 24 heavy (non-hydrogen) atoms.